The minimum atomic E-state index is -0.169. The molecule has 0 bridgehead atoms. The van der Waals surface area contributed by atoms with Gasteiger partial charge in [-0.25, -0.2) is 4.79 Å². The lowest BCUT2D eigenvalue weighted by Gasteiger charge is -2.33. The molecule has 1 atom stereocenters. The van der Waals surface area contributed by atoms with Crippen LogP contribution in [0, 0.1) is 5.41 Å². The minimum Gasteiger partial charge on any atom is -0.395 e. The number of likely N-dealkylation sites (N-methyl/N-ethyl adjacent to an activating group) is 1. The van der Waals surface area contributed by atoms with Crippen LogP contribution in [-0.4, -0.2) is 36.2 Å². The fourth-order valence-electron chi connectivity index (χ4n) is 1.93. The van der Waals surface area contributed by atoms with E-state index in [-0.39, 0.29) is 24.1 Å². The first-order valence-electron chi connectivity index (χ1n) is 6.53. The van der Waals surface area contributed by atoms with E-state index < -0.39 is 0 Å². The molecule has 0 saturated carbocycles. The van der Waals surface area contributed by atoms with Gasteiger partial charge < -0.3 is 15.3 Å². The number of aliphatic hydroxyl groups excluding tert-OH is 1. The van der Waals surface area contributed by atoms with E-state index in [1.54, 1.807) is 7.05 Å². The number of hydrogen-bond acceptors (Lipinski definition) is 2. The summed E-state index contributed by atoms with van der Waals surface area (Å²) in [4.78, 5) is 13.6. The van der Waals surface area contributed by atoms with Gasteiger partial charge in [-0.3, -0.25) is 0 Å². The highest BCUT2D eigenvalue weighted by molar-refractivity contribution is 5.74. The van der Waals surface area contributed by atoms with E-state index in [1.165, 1.54) is 4.90 Å². The molecule has 2 amide bonds. The summed E-state index contributed by atoms with van der Waals surface area (Å²) in [6.07, 6.45) is 0. The maximum absolute atomic E-state index is 12.1. The fourth-order valence-corrected chi connectivity index (χ4v) is 1.93. The van der Waals surface area contributed by atoms with Crippen molar-refractivity contribution in [2.24, 2.45) is 5.41 Å². The van der Waals surface area contributed by atoms with Crippen LogP contribution in [-0.2, 0) is 0 Å². The van der Waals surface area contributed by atoms with Crippen LogP contribution in [0.5, 0.6) is 0 Å². The summed E-state index contributed by atoms with van der Waals surface area (Å²) in [5.74, 6) is 0. The summed E-state index contributed by atoms with van der Waals surface area (Å²) < 4.78 is 0. The van der Waals surface area contributed by atoms with Crippen molar-refractivity contribution in [3.63, 3.8) is 0 Å². The molecule has 4 heteroatoms. The quantitative estimate of drug-likeness (QED) is 0.877. The van der Waals surface area contributed by atoms with Crippen LogP contribution in [0.15, 0.2) is 30.3 Å². The Kier molecular flexibility index (Phi) is 5.36. The zero-order valence-electron chi connectivity index (χ0n) is 12.2. The molecule has 1 aromatic carbocycles. The molecule has 1 rings (SSSR count). The van der Waals surface area contributed by atoms with Crippen molar-refractivity contribution in [1.82, 2.24) is 10.2 Å². The average Bonchev–Trinajstić information content (AvgIpc) is 2.35. The van der Waals surface area contributed by atoms with E-state index in [2.05, 4.69) is 26.1 Å². The summed E-state index contributed by atoms with van der Waals surface area (Å²) in [6.45, 7) is 6.58. The Balaban J connectivity index is 2.86. The second kappa shape index (κ2) is 6.57. The molecule has 0 fully saturated rings. The van der Waals surface area contributed by atoms with Crippen molar-refractivity contribution < 1.29 is 9.90 Å². The summed E-state index contributed by atoms with van der Waals surface area (Å²) in [5, 5.41) is 11.9. The summed E-state index contributed by atoms with van der Waals surface area (Å²) >= 11 is 0. The number of carbonyl (C=O) groups is 1. The molecule has 0 heterocycles. The van der Waals surface area contributed by atoms with Crippen LogP contribution < -0.4 is 5.32 Å². The van der Waals surface area contributed by atoms with E-state index in [4.69, 9.17) is 5.11 Å². The van der Waals surface area contributed by atoms with Gasteiger partial charge in [0, 0.05) is 13.6 Å². The molecule has 19 heavy (non-hydrogen) atoms. The summed E-state index contributed by atoms with van der Waals surface area (Å²) in [6, 6.07) is 9.70. The number of urea groups is 1. The Morgan fingerprint density at radius 3 is 2.37 bits per heavy atom. The maximum atomic E-state index is 12.1. The molecule has 1 unspecified atom stereocenters. The Hall–Kier alpha value is -1.55. The fraction of sp³-hybridized carbons (Fsp3) is 0.533. The molecule has 0 spiro atoms. The molecular weight excluding hydrogens is 240 g/mol. The molecule has 0 aliphatic heterocycles. The zero-order chi connectivity index (χ0) is 14.5. The number of hydrogen-bond donors (Lipinski definition) is 2. The third-order valence-corrected chi connectivity index (χ3v) is 3.05. The maximum Gasteiger partial charge on any atom is 0.317 e. The number of nitrogens with zero attached hydrogens (tertiary/aromatic N) is 1. The van der Waals surface area contributed by atoms with Crippen LogP contribution >= 0.6 is 0 Å². The first-order chi connectivity index (χ1) is 8.86. The van der Waals surface area contributed by atoms with Crippen molar-refractivity contribution in [1.29, 1.82) is 0 Å². The van der Waals surface area contributed by atoms with E-state index in [0.717, 1.165) is 5.56 Å². The van der Waals surface area contributed by atoms with Crippen LogP contribution in [0.1, 0.15) is 32.4 Å². The van der Waals surface area contributed by atoms with E-state index in [0.29, 0.717) is 6.54 Å². The van der Waals surface area contributed by atoms with Gasteiger partial charge in [-0.05, 0) is 11.0 Å². The number of amides is 2. The third-order valence-electron chi connectivity index (χ3n) is 3.05. The Morgan fingerprint density at radius 2 is 1.89 bits per heavy atom. The highest BCUT2D eigenvalue weighted by Gasteiger charge is 2.28. The predicted octanol–water partition coefficient (Wildman–Crippen LogP) is 2.41. The van der Waals surface area contributed by atoms with Crippen molar-refractivity contribution >= 4 is 6.03 Å². The van der Waals surface area contributed by atoms with Crippen molar-refractivity contribution in [2.75, 3.05) is 20.2 Å². The van der Waals surface area contributed by atoms with Gasteiger partial charge in [0.15, 0.2) is 0 Å². The first-order valence-corrected chi connectivity index (χ1v) is 6.53. The highest BCUT2D eigenvalue weighted by Crippen LogP contribution is 2.32. The van der Waals surface area contributed by atoms with Crippen molar-refractivity contribution in [2.45, 2.75) is 26.8 Å². The minimum absolute atomic E-state index is 0.0323. The molecule has 4 nitrogen and oxygen atoms in total. The topological polar surface area (TPSA) is 52.6 Å². The third kappa shape index (κ3) is 4.56. The first kappa shape index (κ1) is 15.5. The van der Waals surface area contributed by atoms with Crippen LogP contribution in [0.4, 0.5) is 4.79 Å². The van der Waals surface area contributed by atoms with Crippen molar-refractivity contribution in [3.8, 4) is 0 Å². The second-order valence-electron chi connectivity index (χ2n) is 5.80. The van der Waals surface area contributed by atoms with Crippen molar-refractivity contribution in [3.05, 3.63) is 35.9 Å². The number of aliphatic hydroxyl groups is 1. The van der Waals surface area contributed by atoms with Crippen LogP contribution in [0.2, 0.25) is 0 Å². The number of benzene rings is 1. The molecule has 2 N–H and O–H groups in total. The number of carbonyl (C=O) groups excluding carboxylic acids is 1. The molecular formula is C15H24N2O2. The molecule has 0 saturated heterocycles. The predicted molar refractivity (Wildman–Crippen MR) is 76.9 cm³/mol. The standard InChI is InChI=1S/C15H24N2O2/c1-15(2,3)13(12-8-6-5-7-9-12)16-14(19)17(4)10-11-18/h5-9,13,18H,10-11H2,1-4H3,(H,16,19). The van der Waals surface area contributed by atoms with E-state index >= 15 is 0 Å². The van der Waals surface area contributed by atoms with Gasteiger partial charge >= 0.3 is 6.03 Å². The Bertz CT molecular complexity index is 398. The monoisotopic (exact) mass is 264 g/mol. The molecule has 0 aromatic heterocycles. The number of rotatable bonds is 4. The molecule has 0 aliphatic rings. The van der Waals surface area contributed by atoms with Crippen LogP contribution in [0.3, 0.4) is 0 Å². The lowest BCUT2D eigenvalue weighted by molar-refractivity contribution is 0.175. The van der Waals surface area contributed by atoms with E-state index in [1.807, 2.05) is 30.3 Å². The second-order valence-corrected chi connectivity index (χ2v) is 5.80. The zero-order valence-corrected chi connectivity index (χ0v) is 12.2. The molecule has 1 aromatic rings. The Labute approximate surface area is 115 Å². The van der Waals surface area contributed by atoms with Gasteiger partial charge in [0.2, 0.25) is 0 Å². The lowest BCUT2D eigenvalue weighted by atomic mass is 9.82. The lowest BCUT2D eigenvalue weighted by Crippen LogP contribution is -2.44. The smallest absolute Gasteiger partial charge is 0.317 e. The molecule has 106 valence electrons. The van der Waals surface area contributed by atoms with Gasteiger partial charge in [-0.1, -0.05) is 51.1 Å². The normalized spacial score (nSPS) is 12.9. The molecule has 0 aliphatic carbocycles. The van der Waals surface area contributed by atoms with Gasteiger partial charge in [0.05, 0.1) is 12.6 Å². The van der Waals surface area contributed by atoms with Crippen LogP contribution in [0.25, 0.3) is 0 Å². The van der Waals surface area contributed by atoms with Gasteiger partial charge in [0.25, 0.3) is 0 Å². The SMILES string of the molecule is CN(CCO)C(=O)NC(c1ccccc1)C(C)(C)C. The summed E-state index contributed by atoms with van der Waals surface area (Å²) in [7, 11) is 1.68. The Morgan fingerprint density at radius 1 is 1.32 bits per heavy atom. The van der Waals surface area contributed by atoms with E-state index in [9.17, 15) is 4.79 Å². The number of nitrogens with one attached hydrogen (secondary N) is 1. The van der Waals surface area contributed by atoms with Gasteiger partial charge in [-0.15, -0.1) is 0 Å². The van der Waals surface area contributed by atoms with Gasteiger partial charge in [0.1, 0.15) is 0 Å². The molecule has 0 radical (unpaired) electrons. The highest BCUT2D eigenvalue weighted by atomic mass is 16.3. The average molecular weight is 264 g/mol. The van der Waals surface area contributed by atoms with Gasteiger partial charge in [-0.2, -0.15) is 0 Å². The largest absolute Gasteiger partial charge is 0.395 e. The summed E-state index contributed by atoms with van der Waals surface area (Å²) in [5.41, 5.74) is 0.998.